The third-order valence-corrected chi connectivity index (χ3v) is 4.75. The van der Waals surface area contributed by atoms with Gasteiger partial charge in [0, 0.05) is 11.1 Å². The van der Waals surface area contributed by atoms with Crippen molar-refractivity contribution < 1.29 is 18.3 Å². The zero-order valence-electron chi connectivity index (χ0n) is 16.7. The molecule has 0 amide bonds. The number of hydrogen-bond acceptors (Lipinski definition) is 2. The molecular weight excluding hydrogens is 334 g/mol. The van der Waals surface area contributed by atoms with Crippen molar-refractivity contribution in [2.24, 2.45) is 0 Å². The predicted octanol–water partition coefficient (Wildman–Crippen LogP) is 5.80. The van der Waals surface area contributed by atoms with Crippen molar-refractivity contribution in [2.75, 3.05) is 14.2 Å². The van der Waals surface area contributed by atoms with E-state index in [4.69, 9.17) is 9.47 Å². The number of halogens is 2. The van der Waals surface area contributed by atoms with Crippen molar-refractivity contribution in [3.8, 4) is 11.5 Å². The molecule has 0 atom stereocenters. The van der Waals surface area contributed by atoms with Crippen LogP contribution in [0, 0.1) is 11.6 Å². The van der Waals surface area contributed by atoms with E-state index in [-0.39, 0.29) is 17.0 Å². The number of methoxy groups -OCH3 is 2. The van der Waals surface area contributed by atoms with Crippen LogP contribution in [0.3, 0.4) is 0 Å². The molecule has 0 N–H and O–H groups in total. The molecule has 0 heterocycles. The van der Waals surface area contributed by atoms with E-state index in [0.29, 0.717) is 29.0 Å². The minimum Gasteiger partial charge on any atom is -0.496 e. The molecule has 0 aliphatic carbocycles. The Bertz CT molecular complexity index is 789. The molecule has 2 aromatic rings. The number of benzene rings is 2. The Morgan fingerprint density at radius 2 is 1.46 bits per heavy atom. The topological polar surface area (TPSA) is 18.5 Å². The van der Waals surface area contributed by atoms with Gasteiger partial charge in [0.1, 0.15) is 23.1 Å². The van der Waals surface area contributed by atoms with Gasteiger partial charge >= 0.3 is 0 Å². The Kier molecular flexibility index (Phi) is 5.64. The van der Waals surface area contributed by atoms with Gasteiger partial charge in [0.2, 0.25) is 0 Å². The van der Waals surface area contributed by atoms with Crippen LogP contribution in [0.15, 0.2) is 30.3 Å². The SMILES string of the molecule is COc1ccc(F)cc1C(C)(C)Cc1c(F)cc(C(C)(C)C)cc1OC. The van der Waals surface area contributed by atoms with Crippen LogP contribution in [0.1, 0.15) is 51.3 Å². The third-order valence-electron chi connectivity index (χ3n) is 4.75. The predicted molar refractivity (Wildman–Crippen MR) is 101 cm³/mol. The van der Waals surface area contributed by atoms with Crippen molar-refractivity contribution in [2.45, 2.75) is 51.9 Å². The first-order valence-electron chi connectivity index (χ1n) is 8.70. The number of rotatable bonds is 5. The summed E-state index contributed by atoms with van der Waals surface area (Å²) in [6.45, 7) is 9.98. The molecule has 26 heavy (non-hydrogen) atoms. The molecule has 0 bridgehead atoms. The van der Waals surface area contributed by atoms with Gasteiger partial charge in [-0.25, -0.2) is 8.78 Å². The van der Waals surface area contributed by atoms with E-state index in [0.717, 1.165) is 5.56 Å². The van der Waals surface area contributed by atoms with Gasteiger partial charge in [-0.1, -0.05) is 34.6 Å². The molecule has 0 spiro atoms. The molecule has 0 aromatic heterocycles. The van der Waals surface area contributed by atoms with Gasteiger partial charge in [-0.15, -0.1) is 0 Å². The van der Waals surface area contributed by atoms with Crippen LogP contribution in [0.2, 0.25) is 0 Å². The summed E-state index contributed by atoms with van der Waals surface area (Å²) in [4.78, 5) is 0. The quantitative estimate of drug-likeness (QED) is 0.669. The van der Waals surface area contributed by atoms with E-state index in [1.807, 2.05) is 40.7 Å². The van der Waals surface area contributed by atoms with Gasteiger partial charge in [0.05, 0.1) is 14.2 Å². The van der Waals surface area contributed by atoms with Crippen LogP contribution in [-0.4, -0.2) is 14.2 Å². The fraction of sp³-hybridized carbons (Fsp3) is 0.455. The molecular formula is C22H28F2O2. The molecule has 0 aliphatic rings. The average Bonchev–Trinajstić information content (AvgIpc) is 2.55. The van der Waals surface area contributed by atoms with E-state index in [9.17, 15) is 8.78 Å². The van der Waals surface area contributed by atoms with Gasteiger partial charge in [-0.05, 0) is 53.1 Å². The van der Waals surface area contributed by atoms with Crippen molar-refractivity contribution in [3.63, 3.8) is 0 Å². The van der Waals surface area contributed by atoms with Gasteiger partial charge in [-0.3, -0.25) is 0 Å². The minimum atomic E-state index is -0.551. The molecule has 0 saturated heterocycles. The van der Waals surface area contributed by atoms with Crippen LogP contribution in [0.25, 0.3) is 0 Å². The molecule has 0 radical (unpaired) electrons. The second kappa shape index (κ2) is 7.26. The smallest absolute Gasteiger partial charge is 0.130 e. The lowest BCUT2D eigenvalue weighted by molar-refractivity contribution is 0.376. The van der Waals surface area contributed by atoms with Gasteiger partial charge in [-0.2, -0.15) is 0 Å². The molecule has 0 saturated carbocycles. The van der Waals surface area contributed by atoms with Gasteiger partial charge < -0.3 is 9.47 Å². The highest BCUT2D eigenvalue weighted by Gasteiger charge is 2.29. The average molecular weight is 362 g/mol. The lowest BCUT2D eigenvalue weighted by Gasteiger charge is -2.29. The van der Waals surface area contributed by atoms with Crippen LogP contribution >= 0.6 is 0 Å². The lowest BCUT2D eigenvalue weighted by Crippen LogP contribution is -2.23. The number of hydrogen-bond donors (Lipinski definition) is 0. The molecule has 2 nitrogen and oxygen atoms in total. The maximum Gasteiger partial charge on any atom is 0.130 e. The van der Waals surface area contributed by atoms with E-state index >= 15 is 0 Å². The highest BCUT2D eigenvalue weighted by molar-refractivity contribution is 5.45. The molecule has 2 aromatic carbocycles. The Morgan fingerprint density at radius 3 is 2.00 bits per heavy atom. The van der Waals surface area contributed by atoms with E-state index in [1.54, 1.807) is 26.4 Å². The van der Waals surface area contributed by atoms with Gasteiger partial charge in [0.15, 0.2) is 0 Å². The fourth-order valence-electron chi connectivity index (χ4n) is 3.14. The Labute approximate surface area is 155 Å². The Morgan fingerprint density at radius 1 is 0.846 bits per heavy atom. The molecule has 142 valence electrons. The van der Waals surface area contributed by atoms with Crippen molar-refractivity contribution in [3.05, 3.63) is 58.7 Å². The van der Waals surface area contributed by atoms with E-state index in [2.05, 4.69) is 0 Å². The lowest BCUT2D eigenvalue weighted by atomic mass is 9.77. The first kappa shape index (κ1) is 20.2. The van der Waals surface area contributed by atoms with Crippen LogP contribution in [-0.2, 0) is 17.3 Å². The monoisotopic (exact) mass is 362 g/mol. The van der Waals surface area contributed by atoms with E-state index < -0.39 is 5.41 Å². The Balaban J connectivity index is 2.52. The first-order valence-corrected chi connectivity index (χ1v) is 8.70. The maximum absolute atomic E-state index is 15.0. The van der Waals surface area contributed by atoms with Crippen LogP contribution in [0.5, 0.6) is 11.5 Å². The van der Waals surface area contributed by atoms with Crippen LogP contribution in [0.4, 0.5) is 8.78 Å². The zero-order valence-corrected chi connectivity index (χ0v) is 16.7. The second-order valence-electron chi connectivity index (χ2n) is 8.29. The highest BCUT2D eigenvalue weighted by atomic mass is 19.1. The number of ether oxygens (including phenoxy) is 2. The summed E-state index contributed by atoms with van der Waals surface area (Å²) in [5.41, 5.74) is 1.31. The van der Waals surface area contributed by atoms with Gasteiger partial charge in [0.25, 0.3) is 0 Å². The first-order chi connectivity index (χ1) is 12.0. The highest BCUT2D eigenvalue weighted by Crippen LogP contribution is 2.39. The molecule has 0 aliphatic heterocycles. The zero-order chi connectivity index (χ0) is 19.7. The summed E-state index contributed by atoms with van der Waals surface area (Å²) in [7, 11) is 3.09. The van der Waals surface area contributed by atoms with Crippen LogP contribution < -0.4 is 9.47 Å². The normalized spacial score (nSPS) is 12.2. The summed E-state index contributed by atoms with van der Waals surface area (Å²) in [6.07, 6.45) is 0.353. The molecule has 2 rings (SSSR count). The summed E-state index contributed by atoms with van der Waals surface area (Å²) < 4.78 is 39.6. The summed E-state index contributed by atoms with van der Waals surface area (Å²) in [6, 6.07) is 7.86. The largest absolute Gasteiger partial charge is 0.496 e. The van der Waals surface area contributed by atoms with E-state index in [1.165, 1.54) is 12.1 Å². The maximum atomic E-state index is 15.0. The minimum absolute atomic E-state index is 0.187. The molecule has 0 unspecified atom stereocenters. The van der Waals surface area contributed by atoms with Crippen molar-refractivity contribution in [1.29, 1.82) is 0 Å². The standard InChI is InChI=1S/C22H28F2O2/c1-21(2,3)14-10-18(24)16(20(11-14)26-7)13-22(4,5)17-12-15(23)8-9-19(17)25-6/h8-12H,13H2,1-7H3. The van der Waals surface area contributed by atoms with Crippen molar-refractivity contribution in [1.82, 2.24) is 0 Å². The summed E-state index contributed by atoms with van der Waals surface area (Å²) in [5, 5.41) is 0. The second-order valence-corrected chi connectivity index (χ2v) is 8.29. The summed E-state index contributed by atoms with van der Waals surface area (Å²) >= 11 is 0. The summed E-state index contributed by atoms with van der Waals surface area (Å²) in [5.74, 6) is 0.447. The fourth-order valence-corrected chi connectivity index (χ4v) is 3.14. The Hall–Kier alpha value is -2.10. The molecule has 0 fully saturated rings. The van der Waals surface area contributed by atoms with Crippen molar-refractivity contribution >= 4 is 0 Å². The third kappa shape index (κ3) is 4.17. The molecule has 4 heteroatoms.